The molecule has 0 aromatic rings. The molecule has 0 unspecified atom stereocenters. The lowest BCUT2D eigenvalue weighted by molar-refractivity contribution is 0.368. The SMILES string of the molecule is CCCCCB1NCCO1. The zero-order valence-electron chi connectivity index (χ0n) is 6.73. The van der Waals surface area contributed by atoms with E-state index >= 15 is 0 Å². The van der Waals surface area contributed by atoms with E-state index in [0.717, 1.165) is 13.2 Å². The molecule has 0 aromatic heterocycles. The van der Waals surface area contributed by atoms with Crippen molar-refractivity contribution in [2.24, 2.45) is 0 Å². The summed E-state index contributed by atoms with van der Waals surface area (Å²) in [5.74, 6) is 0. The molecule has 0 aromatic carbocycles. The van der Waals surface area contributed by atoms with Gasteiger partial charge in [-0.2, -0.15) is 0 Å². The molecule has 1 heterocycles. The molecular formula is C7H16BNO. The Kier molecular flexibility index (Phi) is 3.84. The van der Waals surface area contributed by atoms with Gasteiger partial charge in [-0.05, 0) is 6.32 Å². The molecule has 1 N–H and O–H groups in total. The molecule has 1 rings (SSSR count). The summed E-state index contributed by atoms with van der Waals surface area (Å²) in [6, 6.07) is 0. The van der Waals surface area contributed by atoms with Gasteiger partial charge in [0.2, 0.25) is 0 Å². The normalized spacial score (nSPS) is 18.3. The van der Waals surface area contributed by atoms with Crippen LogP contribution in [0.3, 0.4) is 0 Å². The Balaban J connectivity index is 1.91. The molecule has 2 nitrogen and oxygen atoms in total. The predicted molar refractivity (Wildman–Crippen MR) is 44.0 cm³/mol. The van der Waals surface area contributed by atoms with Gasteiger partial charge >= 0.3 is 7.05 Å². The molecular weight excluding hydrogens is 125 g/mol. The van der Waals surface area contributed by atoms with Gasteiger partial charge in [0, 0.05) is 13.2 Å². The summed E-state index contributed by atoms with van der Waals surface area (Å²) < 4.78 is 5.39. The van der Waals surface area contributed by atoms with E-state index in [4.69, 9.17) is 4.65 Å². The molecule has 3 heteroatoms. The fraction of sp³-hybridized carbons (Fsp3) is 1.00. The van der Waals surface area contributed by atoms with E-state index < -0.39 is 0 Å². The highest BCUT2D eigenvalue weighted by molar-refractivity contribution is 6.49. The molecule has 1 aliphatic heterocycles. The van der Waals surface area contributed by atoms with Crippen LogP contribution in [0.15, 0.2) is 0 Å². The van der Waals surface area contributed by atoms with Crippen LogP contribution in [-0.2, 0) is 4.65 Å². The van der Waals surface area contributed by atoms with Gasteiger partial charge in [0.05, 0.1) is 0 Å². The highest BCUT2D eigenvalue weighted by atomic mass is 16.5. The number of hydrogen-bond acceptors (Lipinski definition) is 2. The Morgan fingerprint density at radius 3 is 3.00 bits per heavy atom. The summed E-state index contributed by atoms with van der Waals surface area (Å²) in [4.78, 5) is 0. The lowest BCUT2D eigenvalue weighted by Gasteiger charge is -2.02. The molecule has 10 heavy (non-hydrogen) atoms. The Morgan fingerprint density at radius 1 is 1.50 bits per heavy atom. The number of nitrogens with one attached hydrogen (secondary N) is 1. The van der Waals surface area contributed by atoms with Gasteiger partial charge in [-0.3, -0.25) is 0 Å². The monoisotopic (exact) mass is 141 g/mol. The lowest BCUT2D eigenvalue weighted by atomic mass is 9.77. The van der Waals surface area contributed by atoms with Crippen molar-refractivity contribution in [3.63, 3.8) is 0 Å². The number of hydrogen-bond donors (Lipinski definition) is 1. The topological polar surface area (TPSA) is 21.3 Å². The molecule has 58 valence electrons. The van der Waals surface area contributed by atoms with Crippen molar-refractivity contribution in [2.45, 2.75) is 32.5 Å². The predicted octanol–water partition coefficient (Wildman–Crippen LogP) is 1.28. The molecule has 1 fully saturated rings. The average molecular weight is 141 g/mol. The Labute approximate surface area is 63.5 Å². The summed E-state index contributed by atoms with van der Waals surface area (Å²) >= 11 is 0. The van der Waals surface area contributed by atoms with Gasteiger partial charge in [0.15, 0.2) is 0 Å². The highest BCUT2D eigenvalue weighted by Gasteiger charge is 2.19. The second-order valence-electron chi connectivity index (χ2n) is 2.81. The second-order valence-corrected chi connectivity index (χ2v) is 2.81. The Morgan fingerprint density at radius 2 is 2.40 bits per heavy atom. The van der Waals surface area contributed by atoms with E-state index in [2.05, 4.69) is 12.2 Å². The number of unbranched alkanes of at least 4 members (excludes halogenated alkanes) is 2. The molecule has 0 bridgehead atoms. The van der Waals surface area contributed by atoms with Crippen LogP contribution in [0.5, 0.6) is 0 Å². The molecule has 0 atom stereocenters. The number of rotatable bonds is 4. The van der Waals surface area contributed by atoms with Gasteiger partial charge in [-0.25, -0.2) is 0 Å². The van der Waals surface area contributed by atoms with Crippen LogP contribution in [0.2, 0.25) is 6.32 Å². The summed E-state index contributed by atoms with van der Waals surface area (Å²) in [6.07, 6.45) is 5.12. The fourth-order valence-electron chi connectivity index (χ4n) is 1.25. The minimum Gasteiger partial charge on any atom is -0.420 e. The Hall–Kier alpha value is -0.0151. The van der Waals surface area contributed by atoms with Crippen LogP contribution in [0.25, 0.3) is 0 Å². The molecule has 0 saturated carbocycles. The van der Waals surface area contributed by atoms with E-state index in [1.54, 1.807) is 0 Å². The molecule has 1 saturated heterocycles. The maximum absolute atomic E-state index is 5.39. The largest absolute Gasteiger partial charge is 0.420 e. The average Bonchev–Trinajstić information content (AvgIpc) is 2.41. The first-order chi connectivity index (χ1) is 4.93. The standard InChI is InChI=1S/C7H16BNO/c1-2-3-4-5-8-9-6-7-10-8/h9H,2-7H2,1H3. The van der Waals surface area contributed by atoms with Gasteiger partial charge < -0.3 is 9.88 Å². The van der Waals surface area contributed by atoms with Crippen molar-refractivity contribution in [2.75, 3.05) is 13.2 Å². The van der Waals surface area contributed by atoms with E-state index in [1.807, 2.05) is 0 Å². The molecule has 0 radical (unpaired) electrons. The van der Waals surface area contributed by atoms with E-state index in [1.165, 1.54) is 25.6 Å². The summed E-state index contributed by atoms with van der Waals surface area (Å²) in [5, 5.41) is 3.29. The smallest absolute Gasteiger partial charge is 0.379 e. The van der Waals surface area contributed by atoms with Crippen LogP contribution >= 0.6 is 0 Å². The van der Waals surface area contributed by atoms with E-state index in [9.17, 15) is 0 Å². The second kappa shape index (κ2) is 4.75. The van der Waals surface area contributed by atoms with Gasteiger partial charge in [-0.15, -0.1) is 0 Å². The van der Waals surface area contributed by atoms with Crippen molar-refractivity contribution < 1.29 is 4.65 Å². The zero-order chi connectivity index (χ0) is 7.23. The summed E-state index contributed by atoms with van der Waals surface area (Å²) in [5.41, 5.74) is 0. The third kappa shape index (κ3) is 2.71. The van der Waals surface area contributed by atoms with Crippen LogP contribution in [0.4, 0.5) is 0 Å². The first-order valence-electron chi connectivity index (χ1n) is 4.28. The van der Waals surface area contributed by atoms with E-state index in [-0.39, 0.29) is 0 Å². The molecule has 0 spiro atoms. The maximum Gasteiger partial charge on any atom is 0.379 e. The fourth-order valence-corrected chi connectivity index (χ4v) is 1.25. The van der Waals surface area contributed by atoms with Crippen molar-refractivity contribution in [1.29, 1.82) is 0 Å². The van der Waals surface area contributed by atoms with Crippen molar-refractivity contribution >= 4 is 7.05 Å². The molecule has 1 aliphatic rings. The first-order valence-corrected chi connectivity index (χ1v) is 4.28. The quantitative estimate of drug-likeness (QED) is 0.470. The minimum absolute atomic E-state index is 0.367. The molecule has 0 amide bonds. The summed E-state index contributed by atoms with van der Waals surface area (Å²) in [7, 11) is 0.367. The van der Waals surface area contributed by atoms with Gasteiger partial charge in [0.1, 0.15) is 0 Å². The van der Waals surface area contributed by atoms with Crippen LogP contribution in [-0.4, -0.2) is 20.2 Å². The van der Waals surface area contributed by atoms with E-state index in [0.29, 0.717) is 7.05 Å². The van der Waals surface area contributed by atoms with Crippen LogP contribution in [0.1, 0.15) is 26.2 Å². The third-order valence-electron chi connectivity index (χ3n) is 1.86. The van der Waals surface area contributed by atoms with Crippen molar-refractivity contribution in [1.82, 2.24) is 5.23 Å². The zero-order valence-corrected chi connectivity index (χ0v) is 6.73. The third-order valence-corrected chi connectivity index (χ3v) is 1.86. The maximum atomic E-state index is 5.39. The first kappa shape index (κ1) is 8.09. The Bertz CT molecular complexity index is 83.7. The lowest BCUT2D eigenvalue weighted by Crippen LogP contribution is -2.27. The van der Waals surface area contributed by atoms with Gasteiger partial charge in [0.25, 0.3) is 0 Å². The summed E-state index contributed by atoms with van der Waals surface area (Å²) in [6.45, 7) is 4.16. The minimum atomic E-state index is 0.367. The van der Waals surface area contributed by atoms with Crippen molar-refractivity contribution in [3.8, 4) is 0 Å². The van der Waals surface area contributed by atoms with Crippen LogP contribution in [0, 0.1) is 0 Å². The van der Waals surface area contributed by atoms with Gasteiger partial charge in [-0.1, -0.05) is 26.2 Å². The van der Waals surface area contributed by atoms with Crippen molar-refractivity contribution in [3.05, 3.63) is 0 Å². The molecule has 0 aliphatic carbocycles. The highest BCUT2D eigenvalue weighted by Crippen LogP contribution is 2.05. The van der Waals surface area contributed by atoms with Crippen LogP contribution < -0.4 is 5.23 Å².